The Morgan fingerprint density at radius 3 is 0.797 bits per heavy atom. The Hall–Kier alpha value is -3.34. The maximum Gasteiger partial charge on any atom is 0.398 e. The van der Waals surface area contributed by atoms with Crippen LogP contribution >= 0.6 is 30.4 Å². The van der Waals surface area contributed by atoms with Gasteiger partial charge in [-0.1, -0.05) is 24.3 Å². The fourth-order valence-electron chi connectivity index (χ4n) is 5.19. The molecule has 0 saturated heterocycles. The highest BCUT2D eigenvalue weighted by molar-refractivity contribution is 7.63. The smallest absolute Gasteiger partial charge is 0.324 e. The van der Waals surface area contributed by atoms with Crippen LogP contribution in [-0.4, -0.2) is 82.8 Å². The third-order valence-electron chi connectivity index (χ3n) is 7.42. The number of nitrogens with one attached hydrogen (secondary N) is 2. The lowest BCUT2D eigenvalue weighted by Gasteiger charge is -2.19. The average molecular weight is 901 g/mol. The van der Waals surface area contributed by atoms with Crippen molar-refractivity contribution in [2.75, 3.05) is 63.5 Å². The second kappa shape index (κ2) is 22.5. The van der Waals surface area contributed by atoms with E-state index in [9.17, 15) is 18.3 Å². The molecule has 0 aliphatic rings. The molecule has 324 valence electrons. The van der Waals surface area contributed by atoms with Crippen LogP contribution in [0.1, 0.15) is 66.5 Å². The second-order valence-corrected chi connectivity index (χ2v) is 19.3. The Kier molecular flexibility index (Phi) is 18.4. The standard InChI is InChI=1S/C35H52N8O12P4/c1-9-48-56(44,49-10-2)32-38-30(39-33(42-32)57(45,50-11-3)51-12-4)36-28-21-17-26(18-22-28)25-27-19-23-29(24-20-27)37-31-40-34(58(46,52-13-5)53-14-6)43-35(41-31)59(47,54-15-7)55-16-8/h17-24H,9-16,25H2,1-8H3,(H,36,38,39,42)(H,37,40,41,43). The summed E-state index contributed by atoms with van der Waals surface area (Å²) in [5.41, 5.74) is 1.68. The topological polar surface area (TPSA) is 244 Å². The van der Waals surface area contributed by atoms with Crippen LogP contribution in [0.15, 0.2) is 48.5 Å². The Morgan fingerprint density at radius 1 is 0.373 bits per heavy atom. The van der Waals surface area contributed by atoms with E-state index in [-0.39, 0.29) is 87.0 Å². The third kappa shape index (κ3) is 12.8. The molecule has 4 aromatic rings. The Bertz CT molecular complexity index is 1880. The molecule has 0 atom stereocenters. The number of nitrogens with zero attached hydrogens (tertiary/aromatic N) is 6. The van der Waals surface area contributed by atoms with Gasteiger partial charge in [0, 0.05) is 11.4 Å². The van der Waals surface area contributed by atoms with Crippen molar-refractivity contribution in [3.05, 3.63) is 59.7 Å². The van der Waals surface area contributed by atoms with Crippen LogP contribution < -0.4 is 32.9 Å². The Labute approximate surface area is 344 Å². The summed E-state index contributed by atoms with van der Waals surface area (Å²) in [5, 5.41) is 6.11. The summed E-state index contributed by atoms with van der Waals surface area (Å²) >= 11 is 0. The first-order valence-corrected chi connectivity index (χ1v) is 25.3. The number of anilines is 4. The van der Waals surface area contributed by atoms with E-state index in [0.29, 0.717) is 17.8 Å². The van der Waals surface area contributed by atoms with E-state index in [0.717, 1.165) is 11.1 Å². The van der Waals surface area contributed by atoms with Gasteiger partial charge < -0.3 is 46.8 Å². The monoisotopic (exact) mass is 900 g/mol. The van der Waals surface area contributed by atoms with Crippen LogP contribution in [0.3, 0.4) is 0 Å². The van der Waals surface area contributed by atoms with E-state index >= 15 is 0 Å². The maximum atomic E-state index is 13.7. The normalized spacial score (nSPS) is 12.5. The van der Waals surface area contributed by atoms with Gasteiger partial charge in [-0.2, -0.15) is 29.9 Å². The van der Waals surface area contributed by atoms with E-state index in [2.05, 4.69) is 40.5 Å². The van der Waals surface area contributed by atoms with Gasteiger partial charge in [0.25, 0.3) is 0 Å². The summed E-state index contributed by atoms with van der Waals surface area (Å²) < 4.78 is 98.4. The lowest BCUT2D eigenvalue weighted by atomic mass is 10.0. The van der Waals surface area contributed by atoms with E-state index in [1.54, 1.807) is 79.7 Å². The SMILES string of the molecule is CCOP(=O)(OCC)c1nc(Nc2ccc(Cc3ccc(Nc4nc(P(=O)(OCC)OCC)nc(P(=O)(OCC)OCC)n4)cc3)cc2)nc(P(=O)(OCC)OCC)n1. The van der Waals surface area contributed by atoms with Gasteiger partial charge in [-0.05, 0) is 97.2 Å². The van der Waals surface area contributed by atoms with Crippen LogP contribution in [-0.2, 0) is 60.9 Å². The third-order valence-corrected chi connectivity index (χ3v) is 15.0. The van der Waals surface area contributed by atoms with Gasteiger partial charge >= 0.3 is 30.4 Å². The lowest BCUT2D eigenvalue weighted by molar-refractivity contribution is 0.225. The maximum absolute atomic E-state index is 13.7. The van der Waals surface area contributed by atoms with E-state index in [1.165, 1.54) is 0 Å². The van der Waals surface area contributed by atoms with Crippen molar-refractivity contribution in [2.24, 2.45) is 0 Å². The van der Waals surface area contributed by atoms with Crippen LogP contribution in [0.5, 0.6) is 0 Å². The van der Waals surface area contributed by atoms with Crippen LogP contribution in [0, 0.1) is 0 Å². The van der Waals surface area contributed by atoms with Gasteiger partial charge in [0.2, 0.25) is 34.2 Å². The molecule has 2 N–H and O–H groups in total. The highest BCUT2D eigenvalue weighted by Gasteiger charge is 2.39. The number of hydrogen-bond acceptors (Lipinski definition) is 20. The van der Waals surface area contributed by atoms with Gasteiger partial charge in [0.1, 0.15) is 0 Å². The molecule has 24 heteroatoms. The molecule has 0 bridgehead atoms. The minimum Gasteiger partial charge on any atom is -0.324 e. The molecule has 59 heavy (non-hydrogen) atoms. The van der Waals surface area contributed by atoms with Crippen LogP contribution in [0.25, 0.3) is 0 Å². The van der Waals surface area contributed by atoms with Crippen molar-refractivity contribution in [1.29, 1.82) is 0 Å². The molecular formula is C35H52N8O12P4. The average Bonchev–Trinajstić information content (AvgIpc) is 3.20. The van der Waals surface area contributed by atoms with Crippen molar-refractivity contribution in [3.8, 4) is 0 Å². The fraction of sp³-hybridized carbons (Fsp3) is 0.486. The molecule has 0 saturated carbocycles. The predicted octanol–water partition coefficient (Wildman–Crippen LogP) is 6.70. The molecule has 2 aromatic heterocycles. The first kappa shape index (κ1) is 48.3. The van der Waals surface area contributed by atoms with E-state index < -0.39 is 30.4 Å². The molecule has 0 fully saturated rings. The molecule has 0 radical (unpaired) electrons. The molecule has 0 spiro atoms. The number of rotatable bonds is 26. The van der Waals surface area contributed by atoms with E-state index in [1.807, 2.05) is 24.3 Å². The van der Waals surface area contributed by atoms with Crippen molar-refractivity contribution in [2.45, 2.75) is 61.8 Å². The quantitative estimate of drug-likeness (QED) is 0.0623. The second-order valence-electron chi connectivity index (χ2n) is 11.7. The molecule has 2 heterocycles. The molecule has 20 nitrogen and oxygen atoms in total. The Morgan fingerprint density at radius 2 is 0.593 bits per heavy atom. The first-order chi connectivity index (χ1) is 28.3. The predicted molar refractivity (Wildman–Crippen MR) is 224 cm³/mol. The lowest BCUT2D eigenvalue weighted by Crippen LogP contribution is -2.30. The van der Waals surface area contributed by atoms with Gasteiger partial charge in [-0.25, -0.2) is 0 Å². The minimum atomic E-state index is -4.03. The zero-order chi connectivity index (χ0) is 43.1. The molecule has 0 aliphatic carbocycles. The summed E-state index contributed by atoms with van der Waals surface area (Å²) in [6, 6.07) is 14.8. The zero-order valence-corrected chi connectivity index (χ0v) is 37.9. The van der Waals surface area contributed by atoms with Gasteiger partial charge in [0.05, 0.1) is 52.9 Å². The zero-order valence-electron chi connectivity index (χ0n) is 34.4. The molecular weight excluding hydrogens is 848 g/mol. The molecule has 0 unspecified atom stereocenters. The van der Waals surface area contributed by atoms with Crippen molar-refractivity contribution >= 4 is 75.9 Å². The van der Waals surface area contributed by atoms with Gasteiger partial charge in [0.15, 0.2) is 0 Å². The summed E-state index contributed by atoms with van der Waals surface area (Å²) in [5.74, 6) is -0.149. The molecule has 4 rings (SSSR count). The number of hydrogen-bond donors (Lipinski definition) is 2. The van der Waals surface area contributed by atoms with Gasteiger partial charge in [-0.3, -0.25) is 18.3 Å². The minimum absolute atomic E-state index is 0.0410. The summed E-state index contributed by atoms with van der Waals surface area (Å²) in [4.78, 5) is 25.7. The highest BCUT2D eigenvalue weighted by Crippen LogP contribution is 2.50. The van der Waals surface area contributed by atoms with E-state index in [4.69, 9.17) is 36.2 Å². The molecule has 2 aromatic carbocycles. The number of benzene rings is 2. The highest BCUT2D eigenvalue weighted by atomic mass is 31.2. The summed E-state index contributed by atoms with van der Waals surface area (Å²) in [7, 11) is -16.1. The van der Waals surface area contributed by atoms with Crippen LogP contribution in [0.2, 0.25) is 0 Å². The summed E-state index contributed by atoms with van der Waals surface area (Å²) in [6.45, 7) is 13.5. The van der Waals surface area contributed by atoms with Gasteiger partial charge in [-0.15, -0.1) is 0 Å². The largest absolute Gasteiger partial charge is 0.398 e. The molecule has 0 amide bonds. The summed E-state index contributed by atoms with van der Waals surface area (Å²) in [6.07, 6.45) is 0.552. The number of aromatic nitrogens is 6. The van der Waals surface area contributed by atoms with Crippen molar-refractivity contribution in [3.63, 3.8) is 0 Å². The Balaban J connectivity index is 1.58. The molecule has 0 aliphatic heterocycles. The van der Waals surface area contributed by atoms with Crippen molar-refractivity contribution in [1.82, 2.24) is 29.9 Å². The van der Waals surface area contributed by atoms with Crippen LogP contribution in [0.4, 0.5) is 23.3 Å². The van der Waals surface area contributed by atoms with Crippen molar-refractivity contribution < 1.29 is 54.5 Å². The fourth-order valence-corrected chi connectivity index (χ4v) is 11.0. The first-order valence-electron chi connectivity index (χ1n) is 19.1.